The molecule has 0 aliphatic carbocycles. The number of ether oxygens (including phenoxy) is 2. The number of rotatable bonds is 2. The zero-order chi connectivity index (χ0) is 13.4. The van der Waals surface area contributed by atoms with E-state index in [1.807, 2.05) is 17.9 Å². The van der Waals surface area contributed by atoms with Crippen LogP contribution in [0.25, 0.3) is 0 Å². The molecule has 2 heterocycles. The van der Waals surface area contributed by atoms with Gasteiger partial charge in [0.15, 0.2) is 0 Å². The molecule has 1 atom stereocenters. The topological polar surface area (TPSA) is 64.8 Å². The maximum absolute atomic E-state index is 11.3. The van der Waals surface area contributed by atoms with Crippen LogP contribution in [0, 0.1) is 10.1 Å². The Kier molecular flexibility index (Phi) is 3.02. The minimum absolute atomic E-state index is 0.0922. The molecule has 1 saturated heterocycles. The van der Waals surface area contributed by atoms with E-state index in [4.69, 9.17) is 9.47 Å². The smallest absolute Gasteiger partial charge is 0.293 e. The van der Waals surface area contributed by atoms with Crippen LogP contribution in [0.1, 0.15) is 12.5 Å². The SMILES string of the molecule is CC1Cc2cc([N+](=O)[O-])c(N3CCOCC3)cc2O1. The van der Waals surface area contributed by atoms with Gasteiger partial charge in [-0.1, -0.05) is 0 Å². The first-order valence-electron chi connectivity index (χ1n) is 6.46. The number of nitrogens with zero attached hydrogens (tertiary/aromatic N) is 2. The number of morpholine rings is 1. The molecule has 6 nitrogen and oxygen atoms in total. The number of fused-ring (bicyclic) bond motifs is 1. The van der Waals surface area contributed by atoms with E-state index >= 15 is 0 Å². The molecule has 0 N–H and O–H groups in total. The van der Waals surface area contributed by atoms with Crippen molar-refractivity contribution < 1.29 is 14.4 Å². The summed E-state index contributed by atoms with van der Waals surface area (Å²) in [6, 6.07) is 3.46. The summed E-state index contributed by atoms with van der Waals surface area (Å²) in [6.45, 7) is 4.53. The Morgan fingerprint density at radius 3 is 2.79 bits per heavy atom. The first kappa shape index (κ1) is 12.2. The fourth-order valence-electron chi connectivity index (χ4n) is 2.64. The molecule has 2 aliphatic rings. The van der Waals surface area contributed by atoms with Crippen LogP contribution in [0.5, 0.6) is 5.75 Å². The van der Waals surface area contributed by atoms with Crippen LogP contribution in [0.3, 0.4) is 0 Å². The maximum atomic E-state index is 11.3. The van der Waals surface area contributed by atoms with Gasteiger partial charge in [-0.15, -0.1) is 0 Å². The van der Waals surface area contributed by atoms with Crippen molar-refractivity contribution in [1.29, 1.82) is 0 Å². The fraction of sp³-hybridized carbons (Fsp3) is 0.538. The highest BCUT2D eigenvalue weighted by Crippen LogP contribution is 2.39. The molecule has 102 valence electrons. The van der Waals surface area contributed by atoms with Gasteiger partial charge in [-0.3, -0.25) is 10.1 Å². The molecule has 0 bridgehead atoms. The number of nitro groups is 1. The molecular weight excluding hydrogens is 248 g/mol. The molecule has 0 aromatic heterocycles. The number of hydrogen-bond acceptors (Lipinski definition) is 5. The van der Waals surface area contributed by atoms with Gasteiger partial charge in [0.25, 0.3) is 5.69 Å². The lowest BCUT2D eigenvalue weighted by Crippen LogP contribution is -2.36. The van der Waals surface area contributed by atoms with Crippen molar-refractivity contribution in [2.45, 2.75) is 19.4 Å². The van der Waals surface area contributed by atoms with Crippen LogP contribution < -0.4 is 9.64 Å². The molecule has 19 heavy (non-hydrogen) atoms. The van der Waals surface area contributed by atoms with Crippen LogP contribution >= 0.6 is 0 Å². The van der Waals surface area contributed by atoms with Crippen molar-refractivity contribution in [2.24, 2.45) is 0 Å². The summed E-state index contributed by atoms with van der Waals surface area (Å²) in [6.07, 6.45) is 0.828. The van der Waals surface area contributed by atoms with E-state index in [1.54, 1.807) is 6.07 Å². The van der Waals surface area contributed by atoms with Crippen molar-refractivity contribution in [3.63, 3.8) is 0 Å². The summed E-state index contributed by atoms with van der Waals surface area (Å²) in [5, 5.41) is 11.3. The Morgan fingerprint density at radius 2 is 2.11 bits per heavy atom. The highest BCUT2D eigenvalue weighted by molar-refractivity contribution is 5.68. The molecule has 1 aromatic carbocycles. The fourth-order valence-corrected chi connectivity index (χ4v) is 2.64. The van der Waals surface area contributed by atoms with Gasteiger partial charge in [0.2, 0.25) is 0 Å². The average Bonchev–Trinajstić information content (AvgIpc) is 2.77. The molecule has 0 amide bonds. The van der Waals surface area contributed by atoms with E-state index in [0.717, 1.165) is 17.7 Å². The van der Waals surface area contributed by atoms with Gasteiger partial charge >= 0.3 is 0 Å². The zero-order valence-corrected chi connectivity index (χ0v) is 10.8. The molecular formula is C13H16N2O4. The third-order valence-corrected chi connectivity index (χ3v) is 3.54. The molecule has 6 heteroatoms. The van der Waals surface area contributed by atoms with E-state index in [9.17, 15) is 10.1 Å². The van der Waals surface area contributed by atoms with Gasteiger partial charge in [0, 0.05) is 37.2 Å². The Balaban J connectivity index is 2.02. The third-order valence-electron chi connectivity index (χ3n) is 3.54. The molecule has 0 radical (unpaired) electrons. The second kappa shape index (κ2) is 4.70. The summed E-state index contributed by atoms with van der Waals surface area (Å²) in [5.41, 5.74) is 1.73. The van der Waals surface area contributed by atoms with E-state index < -0.39 is 0 Å². The Labute approximate surface area is 111 Å². The van der Waals surface area contributed by atoms with Crippen LogP contribution in [-0.4, -0.2) is 37.3 Å². The van der Waals surface area contributed by atoms with Gasteiger partial charge < -0.3 is 14.4 Å². The van der Waals surface area contributed by atoms with Gasteiger partial charge in [0.1, 0.15) is 17.5 Å². The minimum Gasteiger partial charge on any atom is -0.490 e. The van der Waals surface area contributed by atoms with Crippen LogP contribution in [-0.2, 0) is 11.2 Å². The molecule has 2 aliphatic heterocycles. The maximum Gasteiger partial charge on any atom is 0.293 e. The number of hydrogen-bond donors (Lipinski definition) is 0. The van der Waals surface area contributed by atoms with Gasteiger partial charge in [-0.05, 0) is 6.92 Å². The van der Waals surface area contributed by atoms with Crippen LogP contribution in [0.15, 0.2) is 12.1 Å². The minimum atomic E-state index is -0.311. The third kappa shape index (κ3) is 2.23. The normalized spacial score (nSPS) is 21.9. The monoisotopic (exact) mass is 264 g/mol. The highest BCUT2D eigenvalue weighted by Gasteiger charge is 2.28. The van der Waals surface area contributed by atoms with Crippen molar-refractivity contribution in [1.82, 2.24) is 0 Å². The van der Waals surface area contributed by atoms with Gasteiger partial charge in [-0.25, -0.2) is 0 Å². The Bertz CT molecular complexity index is 512. The van der Waals surface area contributed by atoms with E-state index in [2.05, 4.69) is 0 Å². The average molecular weight is 264 g/mol. The highest BCUT2D eigenvalue weighted by atomic mass is 16.6. The standard InChI is InChI=1S/C13H16N2O4/c1-9-6-10-7-12(15(16)17)11(8-13(10)19-9)14-2-4-18-5-3-14/h7-9H,2-6H2,1H3. The Hall–Kier alpha value is -1.82. The molecule has 0 spiro atoms. The van der Waals surface area contributed by atoms with Gasteiger partial charge in [0.05, 0.1) is 18.1 Å². The van der Waals surface area contributed by atoms with Crippen molar-refractivity contribution in [3.05, 3.63) is 27.8 Å². The quantitative estimate of drug-likeness (QED) is 0.601. The molecule has 1 unspecified atom stereocenters. The van der Waals surface area contributed by atoms with E-state index in [0.29, 0.717) is 32.0 Å². The molecule has 1 fully saturated rings. The zero-order valence-electron chi connectivity index (χ0n) is 10.8. The second-order valence-electron chi connectivity index (χ2n) is 4.94. The summed E-state index contributed by atoms with van der Waals surface area (Å²) in [4.78, 5) is 12.9. The first-order chi connectivity index (χ1) is 9.15. The molecule has 3 rings (SSSR count). The van der Waals surface area contributed by atoms with Gasteiger partial charge in [-0.2, -0.15) is 0 Å². The predicted octanol–water partition coefficient (Wildman–Crippen LogP) is 1.75. The lowest BCUT2D eigenvalue weighted by molar-refractivity contribution is -0.384. The summed E-state index contributed by atoms with van der Waals surface area (Å²) < 4.78 is 11.0. The number of benzene rings is 1. The summed E-state index contributed by atoms with van der Waals surface area (Å²) >= 11 is 0. The van der Waals surface area contributed by atoms with Crippen LogP contribution in [0.4, 0.5) is 11.4 Å². The Morgan fingerprint density at radius 1 is 1.37 bits per heavy atom. The van der Waals surface area contributed by atoms with Crippen molar-refractivity contribution >= 4 is 11.4 Å². The summed E-state index contributed by atoms with van der Waals surface area (Å²) in [5.74, 6) is 0.777. The summed E-state index contributed by atoms with van der Waals surface area (Å²) in [7, 11) is 0. The van der Waals surface area contributed by atoms with Crippen LogP contribution in [0.2, 0.25) is 0 Å². The second-order valence-corrected chi connectivity index (χ2v) is 4.94. The molecule has 0 saturated carbocycles. The van der Waals surface area contributed by atoms with E-state index in [-0.39, 0.29) is 16.7 Å². The lowest BCUT2D eigenvalue weighted by atomic mass is 10.1. The number of nitro benzene ring substituents is 1. The molecule has 1 aromatic rings. The van der Waals surface area contributed by atoms with Crippen molar-refractivity contribution in [2.75, 3.05) is 31.2 Å². The van der Waals surface area contributed by atoms with Crippen molar-refractivity contribution in [3.8, 4) is 5.75 Å². The lowest BCUT2D eigenvalue weighted by Gasteiger charge is -2.28. The first-order valence-corrected chi connectivity index (χ1v) is 6.46. The predicted molar refractivity (Wildman–Crippen MR) is 69.9 cm³/mol. The largest absolute Gasteiger partial charge is 0.490 e. The number of anilines is 1. The van der Waals surface area contributed by atoms with E-state index in [1.165, 1.54) is 0 Å².